The Morgan fingerprint density at radius 1 is 1.14 bits per heavy atom. The topological polar surface area (TPSA) is 12.9 Å². The summed E-state index contributed by atoms with van der Waals surface area (Å²) < 4.78 is 13.2. The van der Waals surface area contributed by atoms with Crippen LogP contribution in [-0.2, 0) is 0 Å². The van der Waals surface area contributed by atoms with E-state index < -0.39 is 0 Å². The van der Waals surface area contributed by atoms with Crippen molar-refractivity contribution in [2.24, 2.45) is 0 Å². The number of halogens is 1. The van der Waals surface area contributed by atoms with Crippen molar-refractivity contribution in [3.63, 3.8) is 0 Å². The molecule has 3 rings (SSSR count). The molecule has 1 aliphatic rings. The van der Waals surface area contributed by atoms with Crippen LogP contribution in [0, 0.1) is 12.7 Å². The van der Waals surface area contributed by atoms with Crippen LogP contribution in [0.25, 0.3) is 23.3 Å². The molecule has 0 spiro atoms. The second kappa shape index (κ2) is 5.28. The molecule has 21 heavy (non-hydrogen) atoms. The third kappa shape index (κ3) is 2.42. The lowest BCUT2D eigenvalue weighted by Gasteiger charge is -2.17. The van der Waals surface area contributed by atoms with E-state index in [4.69, 9.17) is 4.98 Å². The van der Waals surface area contributed by atoms with Crippen LogP contribution in [0.3, 0.4) is 0 Å². The molecule has 1 heterocycles. The van der Waals surface area contributed by atoms with E-state index in [0.717, 1.165) is 28.1 Å². The second-order valence-corrected chi connectivity index (χ2v) is 5.49. The van der Waals surface area contributed by atoms with Crippen LogP contribution in [0.1, 0.15) is 41.3 Å². The summed E-state index contributed by atoms with van der Waals surface area (Å²) in [7, 11) is 0. The van der Waals surface area contributed by atoms with Gasteiger partial charge in [-0.3, -0.25) is 4.98 Å². The highest BCUT2D eigenvalue weighted by atomic mass is 19.1. The largest absolute Gasteiger partial charge is 0.252 e. The summed E-state index contributed by atoms with van der Waals surface area (Å²) in [5, 5.41) is 0. The minimum absolute atomic E-state index is 0.225. The average Bonchev–Trinajstić information content (AvgIpc) is 3.32. The van der Waals surface area contributed by atoms with Gasteiger partial charge in [0, 0.05) is 17.2 Å². The van der Waals surface area contributed by atoms with Crippen LogP contribution in [0.15, 0.2) is 37.4 Å². The first-order chi connectivity index (χ1) is 10.2. The monoisotopic (exact) mass is 279 g/mol. The fourth-order valence-electron chi connectivity index (χ4n) is 2.84. The summed E-state index contributed by atoms with van der Waals surface area (Å²) in [6.45, 7) is 9.88. The third-order valence-electron chi connectivity index (χ3n) is 4.04. The van der Waals surface area contributed by atoms with Gasteiger partial charge in [-0.25, -0.2) is 4.39 Å². The number of rotatable bonds is 4. The minimum atomic E-state index is -0.225. The van der Waals surface area contributed by atoms with Crippen LogP contribution < -0.4 is 0 Å². The first-order valence-electron chi connectivity index (χ1n) is 7.21. The summed E-state index contributed by atoms with van der Waals surface area (Å²) in [6, 6.07) is 6.61. The fraction of sp³-hybridized carbons (Fsp3) is 0.211. The van der Waals surface area contributed by atoms with Gasteiger partial charge in [0.15, 0.2) is 0 Å². The van der Waals surface area contributed by atoms with Gasteiger partial charge < -0.3 is 0 Å². The zero-order valence-corrected chi connectivity index (χ0v) is 12.2. The molecule has 106 valence electrons. The molecule has 0 amide bonds. The van der Waals surface area contributed by atoms with E-state index in [9.17, 15) is 4.39 Å². The molecule has 2 aromatic rings. The van der Waals surface area contributed by atoms with Crippen molar-refractivity contribution in [2.75, 3.05) is 0 Å². The molecule has 1 aromatic heterocycles. The summed E-state index contributed by atoms with van der Waals surface area (Å²) in [5.41, 5.74) is 6.24. The van der Waals surface area contributed by atoms with Gasteiger partial charge in [-0.15, -0.1) is 0 Å². The van der Waals surface area contributed by atoms with Crippen molar-refractivity contribution in [2.45, 2.75) is 25.7 Å². The SMILES string of the molecule is C=Cc1nc(C2CC2)c(C)c(-c2ccc(F)cc2)c1C=C. The van der Waals surface area contributed by atoms with Crippen molar-refractivity contribution in [3.8, 4) is 11.1 Å². The smallest absolute Gasteiger partial charge is 0.123 e. The fourth-order valence-corrected chi connectivity index (χ4v) is 2.84. The predicted molar refractivity (Wildman–Crippen MR) is 86.5 cm³/mol. The molecular weight excluding hydrogens is 261 g/mol. The number of hydrogen-bond donors (Lipinski definition) is 0. The lowest BCUT2D eigenvalue weighted by atomic mass is 9.91. The second-order valence-electron chi connectivity index (χ2n) is 5.49. The summed E-state index contributed by atoms with van der Waals surface area (Å²) in [4.78, 5) is 4.76. The Hall–Kier alpha value is -2.22. The molecular formula is C19H18FN. The van der Waals surface area contributed by atoms with Crippen molar-refractivity contribution < 1.29 is 4.39 Å². The number of benzene rings is 1. The summed E-state index contributed by atoms with van der Waals surface area (Å²) in [5.74, 6) is 0.332. The van der Waals surface area contributed by atoms with E-state index in [1.54, 1.807) is 6.08 Å². The number of pyridine rings is 1. The highest BCUT2D eigenvalue weighted by Crippen LogP contribution is 2.44. The van der Waals surface area contributed by atoms with E-state index in [1.165, 1.54) is 30.5 Å². The minimum Gasteiger partial charge on any atom is -0.252 e. The van der Waals surface area contributed by atoms with Gasteiger partial charge in [0.2, 0.25) is 0 Å². The molecule has 0 unspecified atom stereocenters. The molecule has 1 nitrogen and oxygen atoms in total. The molecule has 1 aliphatic carbocycles. The Morgan fingerprint density at radius 3 is 2.33 bits per heavy atom. The predicted octanol–water partition coefficient (Wildman–Crippen LogP) is 5.36. The van der Waals surface area contributed by atoms with E-state index in [0.29, 0.717) is 5.92 Å². The lowest BCUT2D eigenvalue weighted by Crippen LogP contribution is -2.02. The molecule has 1 fully saturated rings. The van der Waals surface area contributed by atoms with Crippen LogP contribution in [0.2, 0.25) is 0 Å². The van der Waals surface area contributed by atoms with Gasteiger partial charge in [-0.1, -0.05) is 31.4 Å². The molecule has 1 saturated carbocycles. The Labute approximate surface area is 124 Å². The molecule has 0 atom stereocenters. The maximum atomic E-state index is 13.2. The zero-order valence-electron chi connectivity index (χ0n) is 12.2. The molecule has 0 aliphatic heterocycles. The van der Waals surface area contributed by atoms with Gasteiger partial charge in [0.25, 0.3) is 0 Å². The summed E-state index contributed by atoms with van der Waals surface area (Å²) in [6.07, 6.45) is 5.98. The number of aromatic nitrogens is 1. The van der Waals surface area contributed by atoms with Crippen LogP contribution >= 0.6 is 0 Å². The normalized spacial score (nSPS) is 14.0. The lowest BCUT2D eigenvalue weighted by molar-refractivity contribution is 0.628. The quantitative estimate of drug-likeness (QED) is 0.734. The van der Waals surface area contributed by atoms with Gasteiger partial charge in [-0.2, -0.15) is 0 Å². The van der Waals surface area contributed by atoms with E-state index in [2.05, 4.69) is 20.1 Å². The maximum Gasteiger partial charge on any atom is 0.123 e. The van der Waals surface area contributed by atoms with E-state index >= 15 is 0 Å². The van der Waals surface area contributed by atoms with Crippen LogP contribution in [-0.4, -0.2) is 4.98 Å². The first-order valence-corrected chi connectivity index (χ1v) is 7.21. The number of nitrogens with zero attached hydrogens (tertiary/aromatic N) is 1. The van der Waals surface area contributed by atoms with Gasteiger partial charge >= 0.3 is 0 Å². The standard InChI is InChI=1S/C19H18FN/c1-4-16-17(5-2)21-19(14-6-7-14)12(3)18(16)13-8-10-15(20)11-9-13/h4-5,8-11,14H,1-2,6-7H2,3H3. The Bertz CT molecular complexity index is 709. The Balaban J connectivity index is 2.29. The van der Waals surface area contributed by atoms with Gasteiger partial charge in [0.05, 0.1) is 5.69 Å². The zero-order chi connectivity index (χ0) is 15.0. The number of hydrogen-bond acceptors (Lipinski definition) is 1. The molecule has 1 aromatic carbocycles. The molecule has 0 radical (unpaired) electrons. The highest BCUT2D eigenvalue weighted by Gasteiger charge is 2.29. The average molecular weight is 279 g/mol. The van der Waals surface area contributed by atoms with Crippen LogP contribution in [0.4, 0.5) is 4.39 Å². The van der Waals surface area contributed by atoms with Crippen molar-refractivity contribution in [3.05, 3.63) is 65.8 Å². The molecule has 0 saturated heterocycles. The first kappa shape index (κ1) is 13.7. The maximum absolute atomic E-state index is 13.2. The van der Waals surface area contributed by atoms with Crippen molar-refractivity contribution in [1.82, 2.24) is 4.98 Å². The van der Waals surface area contributed by atoms with Crippen LogP contribution in [0.5, 0.6) is 0 Å². The van der Waals surface area contributed by atoms with Crippen molar-refractivity contribution in [1.29, 1.82) is 0 Å². The van der Waals surface area contributed by atoms with Gasteiger partial charge in [0.1, 0.15) is 5.82 Å². The third-order valence-corrected chi connectivity index (χ3v) is 4.04. The Kier molecular flexibility index (Phi) is 3.46. The summed E-state index contributed by atoms with van der Waals surface area (Å²) >= 11 is 0. The van der Waals surface area contributed by atoms with E-state index in [1.807, 2.05) is 18.2 Å². The highest BCUT2D eigenvalue weighted by molar-refractivity contribution is 5.82. The molecule has 0 bridgehead atoms. The van der Waals surface area contributed by atoms with Crippen molar-refractivity contribution >= 4 is 12.2 Å². The molecule has 0 N–H and O–H groups in total. The van der Waals surface area contributed by atoms with Gasteiger partial charge in [-0.05, 0) is 54.7 Å². The van der Waals surface area contributed by atoms with E-state index in [-0.39, 0.29) is 5.82 Å². The Morgan fingerprint density at radius 2 is 1.81 bits per heavy atom. The molecule has 2 heteroatoms.